The van der Waals surface area contributed by atoms with Crippen LogP contribution in [0.2, 0.25) is 0 Å². The van der Waals surface area contributed by atoms with E-state index >= 15 is 0 Å². The molecule has 0 heterocycles. The summed E-state index contributed by atoms with van der Waals surface area (Å²) in [6.07, 6.45) is 0. The lowest BCUT2D eigenvalue weighted by Gasteiger charge is -2.26. The number of rotatable bonds is 3. The van der Waals surface area contributed by atoms with Crippen LogP contribution in [0.15, 0.2) is 30.3 Å². The lowest BCUT2D eigenvalue weighted by atomic mass is 9.88. The van der Waals surface area contributed by atoms with Gasteiger partial charge in [-0.15, -0.1) is 0 Å². The normalized spacial score (nSPS) is 13.5. The van der Waals surface area contributed by atoms with Crippen LogP contribution < -0.4 is 0 Å². The third kappa shape index (κ3) is 4.22. The monoisotopic (exact) mass is 234 g/mol. The molecule has 1 aromatic carbocycles. The second kappa shape index (κ2) is 5.35. The van der Waals surface area contributed by atoms with Crippen LogP contribution in [0.3, 0.4) is 0 Å². The van der Waals surface area contributed by atoms with Crippen molar-refractivity contribution < 1.29 is 9.53 Å². The molecule has 0 aliphatic carbocycles. The number of carbonyl (C=O) groups excluding carboxylic acids is 1. The predicted octanol–water partition coefficient (Wildman–Crippen LogP) is 3.77. The van der Waals surface area contributed by atoms with Crippen LogP contribution in [0.4, 0.5) is 0 Å². The summed E-state index contributed by atoms with van der Waals surface area (Å²) in [6, 6.07) is 9.82. The zero-order chi connectivity index (χ0) is 13.1. The van der Waals surface area contributed by atoms with Crippen molar-refractivity contribution in [3.8, 4) is 0 Å². The first-order valence-corrected chi connectivity index (χ1v) is 6.09. The van der Waals surface area contributed by atoms with Gasteiger partial charge in [0.05, 0.1) is 5.92 Å². The molecule has 0 amide bonds. The van der Waals surface area contributed by atoms with E-state index in [0.717, 1.165) is 5.56 Å². The van der Waals surface area contributed by atoms with Gasteiger partial charge in [-0.05, 0) is 32.3 Å². The highest BCUT2D eigenvalue weighted by molar-refractivity contribution is 5.78. The van der Waals surface area contributed by atoms with Gasteiger partial charge in [0.15, 0.2) is 0 Å². The molecule has 0 aromatic heterocycles. The van der Waals surface area contributed by atoms with E-state index in [1.807, 2.05) is 65.0 Å². The maximum absolute atomic E-state index is 12.2. The van der Waals surface area contributed by atoms with Crippen molar-refractivity contribution in [2.45, 2.75) is 46.1 Å². The summed E-state index contributed by atoms with van der Waals surface area (Å²) in [5.41, 5.74) is 0.593. The third-order valence-electron chi connectivity index (χ3n) is 2.49. The first-order valence-electron chi connectivity index (χ1n) is 6.09. The Kier molecular flexibility index (Phi) is 4.33. The molecule has 0 spiro atoms. The first kappa shape index (κ1) is 13.8. The van der Waals surface area contributed by atoms with E-state index in [-0.39, 0.29) is 17.8 Å². The summed E-state index contributed by atoms with van der Waals surface area (Å²) in [5.74, 6) is -0.0959. The minimum atomic E-state index is -0.432. The van der Waals surface area contributed by atoms with Crippen molar-refractivity contribution in [1.29, 1.82) is 0 Å². The van der Waals surface area contributed by atoms with E-state index in [4.69, 9.17) is 4.74 Å². The summed E-state index contributed by atoms with van der Waals surface area (Å²) in [4.78, 5) is 12.2. The van der Waals surface area contributed by atoms with Crippen LogP contribution in [0.1, 0.15) is 46.1 Å². The summed E-state index contributed by atoms with van der Waals surface area (Å²) in [6.45, 7) is 9.77. The molecule has 1 aromatic rings. The van der Waals surface area contributed by atoms with Gasteiger partial charge >= 0.3 is 5.97 Å². The van der Waals surface area contributed by atoms with E-state index in [1.54, 1.807) is 0 Å². The Labute approximate surface area is 104 Å². The molecule has 17 heavy (non-hydrogen) atoms. The van der Waals surface area contributed by atoms with E-state index in [9.17, 15) is 4.79 Å². The van der Waals surface area contributed by atoms with Crippen LogP contribution in [-0.2, 0) is 9.53 Å². The fourth-order valence-electron chi connectivity index (χ4n) is 1.82. The van der Waals surface area contributed by atoms with Gasteiger partial charge in [0.25, 0.3) is 0 Å². The highest BCUT2D eigenvalue weighted by Gasteiger charge is 2.28. The maximum atomic E-state index is 12.2. The SMILES string of the molecule is CC(C)C(C(=O)OC(C)(C)C)c1ccccc1. The van der Waals surface area contributed by atoms with Crippen molar-refractivity contribution >= 4 is 5.97 Å². The highest BCUT2D eigenvalue weighted by Crippen LogP contribution is 2.27. The summed E-state index contributed by atoms with van der Waals surface area (Å²) in [5, 5.41) is 0. The molecule has 0 aliphatic heterocycles. The third-order valence-corrected chi connectivity index (χ3v) is 2.49. The summed E-state index contributed by atoms with van der Waals surface area (Å²) in [7, 11) is 0. The molecule has 2 heteroatoms. The van der Waals surface area contributed by atoms with Gasteiger partial charge < -0.3 is 4.74 Å². The molecule has 1 unspecified atom stereocenters. The number of benzene rings is 1. The van der Waals surface area contributed by atoms with Gasteiger partial charge in [0.2, 0.25) is 0 Å². The maximum Gasteiger partial charge on any atom is 0.314 e. The molecule has 0 saturated heterocycles. The van der Waals surface area contributed by atoms with Crippen molar-refractivity contribution in [2.75, 3.05) is 0 Å². The number of hydrogen-bond donors (Lipinski definition) is 0. The molecular weight excluding hydrogens is 212 g/mol. The number of esters is 1. The Morgan fingerprint density at radius 3 is 2.06 bits per heavy atom. The largest absolute Gasteiger partial charge is 0.459 e. The fourth-order valence-corrected chi connectivity index (χ4v) is 1.82. The number of ether oxygens (including phenoxy) is 1. The standard InChI is InChI=1S/C15H22O2/c1-11(2)13(12-9-7-6-8-10-12)14(16)17-15(3,4)5/h6-11,13H,1-5H3. The van der Waals surface area contributed by atoms with Crippen molar-refractivity contribution in [3.63, 3.8) is 0 Å². The lowest BCUT2D eigenvalue weighted by molar-refractivity contribution is -0.157. The van der Waals surface area contributed by atoms with E-state index in [1.165, 1.54) is 0 Å². The van der Waals surface area contributed by atoms with Crippen LogP contribution in [-0.4, -0.2) is 11.6 Å². The lowest BCUT2D eigenvalue weighted by Crippen LogP contribution is -2.29. The molecule has 1 atom stereocenters. The van der Waals surface area contributed by atoms with Gasteiger partial charge in [0, 0.05) is 0 Å². The predicted molar refractivity (Wildman–Crippen MR) is 69.9 cm³/mol. The Balaban J connectivity index is 2.92. The van der Waals surface area contributed by atoms with Crippen molar-refractivity contribution in [1.82, 2.24) is 0 Å². The topological polar surface area (TPSA) is 26.3 Å². The zero-order valence-electron chi connectivity index (χ0n) is 11.4. The molecule has 0 fully saturated rings. The molecular formula is C15H22O2. The van der Waals surface area contributed by atoms with Crippen LogP contribution >= 0.6 is 0 Å². The van der Waals surface area contributed by atoms with Crippen LogP contribution in [0.5, 0.6) is 0 Å². The number of carbonyl (C=O) groups is 1. The first-order chi connectivity index (χ1) is 7.81. The van der Waals surface area contributed by atoms with E-state index in [2.05, 4.69) is 0 Å². The van der Waals surface area contributed by atoms with Gasteiger partial charge in [0.1, 0.15) is 5.60 Å². The fraction of sp³-hybridized carbons (Fsp3) is 0.533. The zero-order valence-corrected chi connectivity index (χ0v) is 11.4. The molecule has 0 bridgehead atoms. The van der Waals surface area contributed by atoms with Crippen molar-refractivity contribution in [3.05, 3.63) is 35.9 Å². The molecule has 1 rings (SSSR count). The number of hydrogen-bond acceptors (Lipinski definition) is 2. The molecule has 94 valence electrons. The Hall–Kier alpha value is -1.31. The van der Waals surface area contributed by atoms with Gasteiger partial charge in [-0.1, -0.05) is 44.2 Å². The Morgan fingerprint density at radius 1 is 1.12 bits per heavy atom. The van der Waals surface area contributed by atoms with Gasteiger partial charge in [-0.2, -0.15) is 0 Å². The minimum Gasteiger partial charge on any atom is -0.459 e. The molecule has 0 N–H and O–H groups in total. The summed E-state index contributed by atoms with van der Waals surface area (Å²) < 4.78 is 5.48. The Morgan fingerprint density at radius 2 is 1.65 bits per heavy atom. The van der Waals surface area contributed by atoms with Crippen LogP contribution in [0.25, 0.3) is 0 Å². The molecule has 0 aliphatic rings. The van der Waals surface area contributed by atoms with Gasteiger partial charge in [-0.3, -0.25) is 4.79 Å². The molecule has 0 radical (unpaired) electrons. The molecule has 2 nitrogen and oxygen atoms in total. The molecule has 0 saturated carbocycles. The second-order valence-corrected chi connectivity index (χ2v) is 5.67. The van der Waals surface area contributed by atoms with Crippen molar-refractivity contribution in [2.24, 2.45) is 5.92 Å². The van der Waals surface area contributed by atoms with E-state index < -0.39 is 5.60 Å². The van der Waals surface area contributed by atoms with Gasteiger partial charge in [-0.25, -0.2) is 0 Å². The Bertz CT molecular complexity index is 360. The van der Waals surface area contributed by atoms with Crippen LogP contribution in [0, 0.1) is 5.92 Å². The second-order valence-electron chi connectivity index (χ2n) is 5.67. The smallest absolute Gasteiger partial charge is 0.314 e. The quantitative estimate of drug-likeness (QED) is 0.744. The highest BCUT2D eigenvalue weighted by atomic mass is 16.6. The average Bonchev–Trinajstić information content (AvgIpc) is 2.15. The van der Waals surface area contributed by atoms with E-state index in [0.29, 0.717) is 0 Å². The average molecular weight is 234 g/mol. The minimum absolute atomic E-state index is 0.140. The summed E-state index contributed by atoms with van der Waals surface area (Å²) >= 11 is 0.